The number of benzene rings is 5. The van der Waals surface area contributed by atoms with E-state index >= 15 is 0 Å². The van der Waals surface area contributed by atoms with Crippen molar-refractivity contribution < 1.29 is 0 Å². The summed E-state index contributed by atoms with van der Waals surface area (Å²) < 4.78 is 2.52. The van der Waals surface area contributed by atoms with Crippen LogP contribution in [0.4, 0.5) is 0 Å². The largest absolute Gasteiger partial charge is 0.354 e. The van der Waals surface area contributed by atoms with Gasteiger partial charge in [-0.2, -0.15) is 0 Å². The maximum absolute atomic E-state index is 3.87. The second kappa shape index (κ2) is 9.29. The number of nitrogens with one attached hydrogen (secondary N) is 1. The first-order chi connectivity index (χ1) is 19.9. The van der Waals surface area contributed by atoms with Crippen molar-refractivity contribution in [3.8, 4) is 0 Å². The van der Waals surface area contributed by atoms with Gasteiger partial charge in [-0.1, -0.05) is 127 Å². The highest BCUT2D eigenvalue weighted by atomic mass is 15.0. The van der Waals surface area contributed by atoms with E-state index in [1.54, 1.807) is 0 Å². The van der Waals surface area contributed by atoms with Gasteiger partial charge in [0.15, 0.2) is 0 Å². The van der Waals surface area contributed by atoms with E-state index in [2.05, 4.69) is 155 Å². The number of para-hydroxylation sites is 2. The van der Waals surface area contributed by atoms with Crippen LogP contribution in [0.1, 0.15) is 45.1 Å². The monoisotopic (exact) mass is 512 g/mol. The molecule has 8 rings (SSSR count). The molecule has 1 atom stereocenters. The molecular formula is C38H28N2. The van der Waals surface area contributed by atoms with Crippen LogP contribution in [0.3, 0.4) is 0 Å². The van der Waals surface area contributed by atoms with Crippen molar-refractivity contribution in [2.24, 2.45) is 0 Å². The SMILES string of the molecule is C1=C(c2ccccc2)c2[nH]c3ccccc3c2C(c2ccccc2)c2c1n(Cc1ccccc1)c1ccccc21. The van der Waals surface area contributed by atoms with Crippen LogP contribution >= 0.6 is 0 Å². The van der Waals surface area contributed by atoms with Gasteiger partial charge in [-0.25, -0.2) is 0 Å². The molecule has 1 aliphatic rings. The molecule has 0 saturated heterocycles. The van der Waals surface area contributed by atoms with Crippen molar-refractivity contribution >= 4 is 33.5 Å². The van der Waals surface area contributed by atoms with Crippen molar-refractivity contribution in [1.82, 2.24) is 9.55 Å². The maximum atomic E-state index is 3.87. The number of rotatable bonds is 4. The summed E-state index contributed by atoms with van der Waals surface area (Å²) in [5.41, 5.74) is 12.7. The summed E-state index contributed by atoms with van der Waals surface area (Å²) in [7, 11) is 0. The Kier molecular flexibility index (Phi) is 5.31. The summed E-state index contributed by atoms with van der Waals surface area (Å²) in [5.74, 6) is 0.0711. The first-order valence-corrected chi connectivity index (χ1v) is 13.9. The van der Waals surface area contributed by atoms with E-state index in [4.69, 9.17) is 0 Å². The third-order valence-corrected chi connectivity index (χ3v) is 8.33. The van der Waals surface area contributed by atoms with Crippen LogP contribution in [0.5, 0.6) is 0 Å². The van der Waals surface area contributed by atoms with E-state index in [1.165, 1.54) is 66.6 Å². The first-order valence-electron chi connectivity index (χ1n) is 13.9. The zero-order chi connectivity index (χ0) is 26.5. The Hall–Kier alpha value is -5.08. The molecule has 2 aromatic heterocycles. The summed E-state index contributed by atoms with van der Waals surface area (Å²) in [6.07, 6.45) is 2.44. The molecule has 0 fully saturated rings. The van der Waals surface area contributed by atoms with Gasteiger partial charge in [-0.05, 0) is 46.0 Å². The molecule has 0 radical (unpaired) electrons. The summed E-state index contributed by atoms with van der Waals surface area (Å²) >= 11 is 0. The number of fused-ring (bicyclic) bond motifs is 6. The quantitative estimate of drug-likeness (QED) is 0.243. The zero-order valence-corrected chi connectivity index (χ0v) is 22.1. The Morgan fingerprint density at radius 3 is 1.98 bits per heavy atom. The molecule has 0 saturated carbocycles. The van der Waals surface area contributed by atoms with Crippen LogP contribution < -0.4 is 0 Å². The lowest BCUT2D eigenvalue weighted by molar-refractivity contribution is 0.817. The highest BCUT2D eigenvalue weighted by molar-refractivity contribution is 6.03. The fraction of sp³-hybridized carbons (Fsp3) is 0.0526. The van der Waals surface area contributed by atoms with Crippen LogP contribution in [0, 0.1) is 0 Å². The average Bonchev–Trinajstić information content (AvgIpc) is 3.49. The summed E-state index contributed by atoms with van der Waals surface area (Å²) in [6, 6.07) is 50.4. The Morgan fingerprint density at radius 2 is 1.20 bits per heavy atom. The lowest BCUT2D eigenvalue weighted by atomic mass is 9.82. The summed E-state index contributed by atoms with van der Waals surface area (Å²) in [6.45, 7) is 0.811. The minimum atomic E-state index is 0.0711. The fourth-order valence-corrected chi connectivity index (χ4v) is 6.60. The third-order valence-electron chi connectivity index (χ3n) is 8.33. The van der Waals surface area contributed by atoms with Crippen molar-refractivity contribution in [2.45, 2.75) is 12.5 Å². The molecule has 190 valence electrons. The van der Waals surface area contributed by atoms with E-state index in [1.807, 2.05) is 0 Å². The van der Waals surface area contributed by atoms with Gasteiger partial charge < -0.3 is 9.55 Å². The minimum Gasteiger partial charge on any atom is -0.354 e. The van der Waals surface area contributed by atoms with Gasteiger partial charge in [-0.15, -0.1) is 0 Å². The molecule has 1 unspecified atom stereocenters. The van der Waals surface area contributed by atoms with E-state index in [0.717, 1.165) is 6.54 Å². The van der Waals surface area contributed by atoms with Crippen molar-refractivity contribution in [1.29, 1.82) is 0 Å². The van der Waals surface area contributed by atoms with Crippen LogP contribution in [-0.2, 0) is 6.54 Å². The number of hydrogen-bond acceptors (Lipinski definition) is 0. The highest BCUT2D eigenvalue weighted by Crippen LogP contribution is 2.49. The molecule has 0 aliphatic heterocycles. The molecule has 0 spiro atoms. The molecular weight excluding hydrogens is 484 g/mol. The summed E-state index contributed by atoms with van der Waals surface area (Å²) in [4.78, 5) is 3.87. The second-order valence-corrected chi connectivity index (χ2v) is 10.6. The fourth-order valence-electron chi connectivity index (χ4n) is 6.60. The molecule has 2 heterocycles. The van der Waals surface area contributed by atoms with Gasteiger partial charge >= 0.3 is 0 Å². The molecule has 5 aromatic carbocycles. The Labute approximate surface area is 233 Å². The van der Waals surface area contributed by atoms with Gasteiger partial charge in [0, 0.05) is 45.5 Å². The number of hydrogen-bond donors (Lipinski definition) is 1. The third kappa shape index (κ3) is 3.57. The molecule has 2 heteroatoms. The normalized spacial score (nSPS) is 14.5. The number of H-pyrrole nitrogens is 1. The number of nitrogens with zero attached hydrogens (tertiary/aromatic N) is 1. The van der Waals surface area contributed by atoms with Crippen molar-refractivity contribution in [3.63, 3.8) is 0 Å². The summed E-state index contributed by atoms with van der Waals surface area (Å²) in [5, 5.41) is 2.59. The van der Waals surface area contributed by atoms with Crippen LogP contribution in [0.25, 0.3) is 33.5 Å². The molecule has 40 heavy (non-hydrogen) atoms. The van der Waals surface area contributed by atoms with E-state index < -0.39 is 0 Å². The molecule has 1 aliphatic carbocycles. The number of aromatic nitrogens is 2. The topological polar surface area (TPSA) is 20.7 Å². The standard InChI is InChI=1S/C38H28N2/c1-4-14-26(15-5-1)25-40-33-23-13-11-21-30(33)36-34(40)24-31(27-16-6-2-7-17-27)38-37(29-20-10-12-22-32(29)39-38)35(36)28-18-8-3-9-19-28/h1-24,35,39H,25H2. The van der Waals surface area contributed by atoms with Gasteiger partial charge in [0.05, 0.1) is 5.69 Å². The lowest BCUT2D eigenvalue weighted by Gasteiger charge is -2.19. The Morgan fingerprint density at radius 1 is 0.575 bits per heavy atom. The van der Waals surface area contributed by atoms with Crippen LogP contribution in [-0.4, -0.2) is 9.55 Å². The highest BCUT2D eigenvalue weighted by Gasteiger charge is 2.33. The van der Waals surface area contributed by atoms with Crippen LogP contribution in [0.2, 0.25) is 0 Å². The van der Waals surface area contributed by atoms with Gasteiger partial charge in [0.25, 0.3) is 0 Å². The Balaban J connectivity index is 1.54. The van der Waals surface area contributed by atoms with Gasteiger partial charge in [0.1, 0.15) is 0 Å². The lowest BCUT2D eigenvalue weighted by Crippen LogP contribution is -2.06. The zero-order valence-electron chi connectivity index (χ0n) is 22.1. The van der Waals surface area contributed by atoms with E-state index in [0.29, 0.717) is 0 Å². The minimum absolute atomic E-state index is 0.0711. The molecule has 7 aromatic rings. The first kappa shape index (κ1) is 22.9. The molecule has 2 nitrogen and oxygen atoms in total. The van der Waals surface area contributed by atoms with Crippen molar-refractivity contribution in [3.05, 3.63) is 179 Å². The predicted octanol–water partition coefficient (Wildman–Crippen LogP) is 9.25. The van der Waals surface area contributed by atoms with Gasteiger partial charge in [0.2, 0.25) is 0 Å². The van der Waals surface area contributed by atoms with Crippen molar-refractivity contribution in [2.75, 3.05) is 0 Å². The molecule has 1 N–H and O–H groups in total. The Bertz CT molecular complexity index is 2010. The molecule has 0 bridgehead atoms. The maximum Gasteiger partial charge on any atom is 0.0513 e. The van der Waals surface area contributed by atoms with E-state index in [-0.39, 0.29) is 5.92 Å². The van der Waals surface area contributed by atoms with Gasteiger partial charge in [-0.3, -0.25) is 0 Å². The average molecular weight is 513 g/mol. The second-order valence-electron chi connectivity index (χ2n) is 10.6. The van der Waals surface area contributed by atoms with Crippen LogP contribution in [0.15, 0.2) is 140 Å². The smallest absolute Gasteiger partial charge is 0.0513 e. The number of aromatic amines is 1. The van der Waals surface area contributed by atoms with E-state index in [9.17, 15) is 0 Å². The predicted molar refractivity (Wildman–Crippen MR) is 167 cm³/mol. The molecule has 0 amide bonds.